The van der Waals surface area contributed by atoms with Crippen LogP contribution < -0.4 is 0 Å². The van der Waals surface area contributed by atoms with E-state index in [1.165, 1.54) is 48.8 Å². The van der Waals surface area contributed by atoms with Crippen LogP contribution in [0.15, 0.2) is 18.2 Å². The van der Waals surface area contributed by atoms with Crippen LogP contribution in [0.3, 0.4) is 0 Å². The minimum atomic E-state index is -0.524. The molecule has 1 aromatic carbocycles. The van der Waals surface area contributed by atoms with E-state index < -0.39 is 5.60 Å². The number of fused-ring (bicyclic) bond motifs is 1. The standard InChI is InChI=1S/C17H24O/c1-13-6-7-15-9-11-17(18,16(15)12-13)10-8-14-4-2-3-5-14/h6-7,12,14,18H,2-5,8-11H2,1H3. The molecule has 0 bridgehead atoms. The average molecular weight is 244 g/mol. The van der Waals surface area contributed by atoms with Crippen molar-refractivity contribution in [2.24, 2.45) is 5.92 Å². The minimum absolute atomic E-state index is 0.524. The third-order valence-electron chi connectivity index (χ3n) is 5.02. The molecule has 0 amide bonds. The lowest BCUT2D eigenvalue weighted by Gasteiger charge is -2.26. The molecular weight excluding hydrogens is 220 g/mol. The maximum Gasteiger partial charge on any atom is 0.0902 e. The van der Waals surface area contributed by atoms with E-state index in [0.717, 1.165) is 25.2 Å². The predicted octanol–water partition coefficient (Wildman–Crippen LogP) is 4.10. The number of benzene rings is 1. The molecule has 0 radical (unpaired) electrons. The normalized spacial score (nSPS) is 27.7. The minimum Gasteiger partial charge on any atom is -0.385 e. The largest absolute Gasteiger partial charge is 0.385 e. The molecule has 0 aliphatic heterocycles. The van der Waals surface area contributed by atoms with Crippen molar-refractivity contribution in [3.05, 3.63) is 34.9 Å². The first-order valence-corrected chi connectivity index (χ1v) is 7.50. The monoisotopic (exact) mass is 244 g/mol. The smallest absolute Gasteiger partial charge is 0.0902 e. The maximum atomic E-state index is 10.9. The van der Waals surface area contributed by atoms with E-state index in [0.29, 0.717) is 0 Å². The highest BCUT2D eigenvalue weighted by molar-refractivity contribution is 5.39. The van der Waals surface area contributed by atoms with Crippen molar-refractivity contribution < 1.29 is 5.11 Å². The molecule has 1 saturated carbocycles. The summed E-state index contributed by atoms with van der Waals surface area (Å²) in [5, 5.41) is 10.9. The molecule has 3 rings (SSSR count). The van der Waals surface area contributed by atoms with E-state index in [1.54, 1.807) is 0 Å². The first-order valence-electron chi connectivity index (χ1n) is 7.50. The van der Waals surface area contributed by atoms with Crippen molar-refractivity contribution in [2.45, 2.75) is 63.9 Å². The van der Waals surface area contributed by atoms with Gasteiger partial charge < -0.3 is 5.11 Å². The van der Waals surface area contributed by atoms with E-state index in [-0.39, 0.29) is 0 Å². The third kappa shape index (κ3) is 2.21. The Morgan fingerprint density at radius 3 is 2.83 bits per heavy atom. The summed E-state index contributed by atoms with van der Waals surface area (Å²) in [4.78, 5) is 0. The van der Waals surface area contributed by atoms with E-state index >= 15 is 0 Å². The molecule has 18 heavy (non-hydrogen) atoms. The van der Waals surface area contributed by atoms with E-state index in [4.69, 9.17) is 0 Å². The number of aryl methyl sites for hydroxylation is 2. The molecule has 1 N–H and O–H groups in total. The molecule has 0 aromatic heterocycles. The first-order chi connectivity index (χ1) is 8.67. The van der Waals surface area contributed by atoms with Crippen molar-refractivity contribution in [3.63, 3.8) is 0 Å². The van der Waals surface area contributed by atoms with Crippen molar-refractivity contribution in [2.75, 3.05) is 0 Å². The summed E-state index contributed by atoms with van der Waals surface area (Å²) in [5.41, 5.74) is 3.34. The van der Waals surface area contributed by atoms with E-state index in [1.807, 2.05) is 0 Å². The highest BCUT2D eigenvalue weighted by Crippen LogP contribution is 2.42. The van der Waals surface area contributed by atoms with Gasteiger partial charge in [0.15, 0.2) is 0 Å². The number of aliphatic hydroxyl groups is 1. The Morgan fingerprint density at radius 1 is 1.28 bits per heavy atom. The van der Waals surface area contributed by atoms with Gasteiger partial charge in [-0.15, -0.1) is 0 Å². The Kier molecular flexibility index (Phi) is 3.19. The predicted molar refractivity (Wildman–Crippen MR) is 74.6 cm³/mol. The van der Waals surface area contributed by atoms with Gasteiger partial charge in [0.05, 0.1) is 5.60 Å². The summed E-state index contributed by atoms with van der Waals surface area (Å²) >= 11 is 0. The zero-order valence-corrected chi connectivity index (χ0v) is 11.4. The molecule has 1 heteroatoms. The van der Waals surface area contributed by atoms with Crippen LogP contribution in [0.25, 0.3) is 0 Å². The zero-order valence-electron chi connectivity index (χ0n) is 11.4. The highest BCUT2D eigenvalue weighted by Gasteiger charge is 2.36. The van der Waals surface area contributed by atoms with Gasteiger partial charge in [0.25, 0.3) is 0 Å². The molecule has 0 saturated heterocycles. The molecule has 1 fully saturated rings. The SMILES string of the molecule is Cc1ccc2c(c1)C(O)(CCC1CCCC1)CC2. The molecule has 2 aliphatic rings. The summed E-state index contributed by atoms with van der Waals surface area (Å²) in [6.45, 7) is 2.12. The van der Waals surface area contributed by atoms with Gasteiger partial charge in [-0.3, -0.25) is 0 Å². The van der Waals surface area contributed by atoms with Crippen LogP contribution in [-0.2, 0) is 12.0 Å². The highest BCUT2D eigenvalue weighted by atomic mass is 16.3. The Labute approximate surface area is 110 Å². The fourth-order valence-electron chi connectivity index (χ4n) is 3.82. The Morgan fingerprint density at radius 2 is 2.06 bits per heavy atom. The molecule has 1 atom stereocenters. The van der Waals surface area contributed by atoms with Gasteiger partial charge in [0.2, 0.25) is 0 Å². The van der Waals surface area contributed by atoms with Crippen LogP contribution in [0.4, 0.5) is 0 Å². The molecule has 98 valence electrons. The number of rotatable bonds is 3. The van der Waals surface area contributed by atoms with Gasteiger partial charge in [0.1, 0.15) is 0 Å². The summed E-state index contributed by atoms with van der Waals surface area (Å²) in [7, 11) is 0. The van der Waals surface area contributed by atoms with Crippen LogP contribution in [0.5, 0.6) is 0 Å². The molecule has 0 heterocycles. The van der Waals surface area contributed by atoms with Crippen LogP contribution in [0.2, 0.25) is 0 Å². The lowest BCUT2D eigenvalue weighted by molar-refractivity contribution is 0.0231. The Hall–Kier alpha value is -0.820. The van der Waals surface area contributed by atoms with Crippen molar-refractivity contribution in [1.82, 2.24) is 0 Å². The third-order valence-corrected chi connectivity index (χ3v) is 5.02. The number of hydrogen-bond donors (Lipinski definition) is 1. The fraction of sp³-hybridized carbons (Fsp3) is 0.647. The van der Waals surface area contributed by atoms with Crippen LogP contribution in [0.1, 0.15) is 61.6 Å². The summed E-state index contributed by atoms with van der Waals surface area (Å²) in [6, 6.07) is 6.58. The van der Waals surface area contributed by atoms with Gasteiger partial charge in [-0.25, -0.2) is 0 Å². The lowest BCUT2D eigenvalue weighted by Crippen LogP contribution is -2.23. The summed E-state index contributed by atoms with van der Waals surface area (Å²) in [5.74, 6) is 0.878. The van der Waals surface area contributed by atoms with Crippen LogP contribution in [0, 0.1) is 12.8 Å². The second-order valence-electron chi connectivity index (χ2n) is 6.38. The molecular formula is C17H24O. The molecule has 0 spiro atoms. The zero-order chi connectivity index (χ0) is 12.6. The van der Waals surface area contributed by atoms with Crippen LogP contribution >= 0.6 is 0 Å². The Bertz CT molecular complexity index is 431. The number of hydrogen-bond acceptors (Lipinski definition) is 1. The van der Waals surface area contributed by atoms with Crippen molar-refractivity contribution in [1.29, 1.82) is 0 Å². The average Bonchev–Trinajstić information content (AvgIpc) is 2.97. The van der Waals surface area contributed by atoms with Crippen LogP contribution in [-0.4, -0.2) is 5.11 Å². The summed E-state index contributed by atoms with van der Waals surface area (Å²) < 4.78 is 0. The van der Waals surface area contributed by atoms with Gasteiger partial charge in [-0.1, -0.05) is 49.4 Å². The van der Waals surface area contributed by atoms with Crippen molar-refractivity contribution in [3.8, 4) is 0 Å². The van der Waals surface area contributed by atoms with Crippen molar-refractivity contribution >= 4 is 0 Å². The Balaban J connectivity index is 1.74. The van der Waals surface area contributed by atoms with Gasteiger partial charge in [-0.2, -0.15) is 0 Å². The second kappa shape index (κ2) is 4.70. The van der Waals surface area contributed by atoms with Gasteiger partial charge in [-0.05, 0) is 49.7 Å². The first kappa shape index (κ1) is 12.2. The quantitative estimate of drug-likeness (QED) is 0.848. The molecule has 1 nitrogen and oxygen atoms in total. The van der Waals surface area contributed by atoms with E-state index in [2.05, 4.69) is 25.1 Å². The van der Waals surface area contributed by atoms with Gasteiger partial charge >= 0.3 is 0 Å². The second-order valence-corrected chi connectivity index (χ2v) is 6.38. The molecule has 1 unspecified atom stereocenters. The van der Waals surface area contributed by atoms with E-state index in [9.17, 15) is 5.11 Å². The topological polar surface area (TPSA) is 20.2 Å². The summed E-state index contributed by atoms with van der Waals surface area (Å²) in [6.07, 6.45) is 9.73. The van der Waals surface area contributed by atoms with Gasteiger partial charge in [0, 0.05) is 0 Å². The lowest BCUT2D eigenvalue weighted by atomic mass is 9.86. The molecule has 2 aliphatic carbocycles. The fourth-order valence-corrected chi connectivity index (χ4v) is 3.82. The molecule has 1 aromatic rings. The maximum absolute atomic E-state index is 10.9.